The van der Waals surface area contributed by atoms with Crippen LogP contribution in [0.3, 0.4) is 0 Å². The lowest BCUT2D eigenvalue weighted by Gasteiger charge is -2.23. The number of carbonyl (C=O) groups is 1. The molecular formula is C29H34N6O5S. The lowest BCUT2D eigenvalue weighted by atomic mass is 9.93. The van der Waals surface area contributed by atoms with Crippen LogP contribution < -0.4 is 10.6 Å². The minimum Gasteiger partial charge on any atom is -0.465 e. The second-order valence-electron chi connectivity index (χ2n) is 11.0. The molecule has 1 saturated heterocycles. The molecular weight excluding hydrogens is 544 g/mol. The van der Waals surface area contributed by atoms with E-state index < -0.39 is 15.9 Å². The highest BCUT2D eigenvalue weighted by molar-refractivity contribution is 7.92. The normalized spacial score (nSPS) is 21.2. The van der Waals surface area contributed by atoms with Crippen molar-refractivity contribution in [3.8, 4) is 11.3 Å². The number of aryl methyl sites for hydroxylation is 1. The average molecular weight is 579 g/mol. The molecule has 1 aliphatic heterocycles. The molecule has 12 heteroatoms. The first-order valence-electron chi connectivity index (χ1n) is 14.1. The second kappa shape index (κ2) is 11.2. The summed E-state index contributed by atoms with van der Waals surface area (Å²) in [5.41, 5.74) is 4.37. The number of aromatic nitrogens is 4. The Morgan fingerprint density at radius 1 is 1.07 bits per heavy atom. The zero-order chi connectivity index (χ0) is 28.6. The lowest BCUT2D eigenvalue weighted by Crippen LogP contribution is -2.34. The molecule has 2 aliphatic carbocycles. The summed E-state index contributed by atoms with van der Waals surface area (Å²) in [6.07, 6.45) is 8.61. The number of amides is 1. The Hall–Kier alpha value is -3.77. The largest absolute Gasteiger partial charge is 0.465 e. The van der Waals surface area contributed by atoms with E-state index in [-0.39, 0.29) is 22.4 Å². The maximum Gasteiger partial charge on any atom is 0.404 e. The van der Waals surface area contributed by atoms with Gasteiger partial charge < -0.3 is 20.5 Å². The summed E-state index contributed by atoms with van der Waals surface area (Å²) >= 11 is 0. The van der Waals surface area contributed by atoms with Crippen LogP contribution >= 0.6 is 0 Å². The molecule has 41 heavy (non-hydrogen) atoms. The molecule has 1 saturated carbocycles. The molecule has 2 fully saturated rings. The Labute approximate surface area is 239 Å². The number of rotatable bonds is 8. The fourth-order valence-electron chi connectivity index (χ4n) is 5.56. The third-order valence-corrected chi connectivity index (χ3v) is 10.2. The van der Waals surface area contributed by atoms with Gasteiger partial charge in [0.1, 0.15) is 6.33 Å². The molecule has 0 bridgehead atoms. The van der Waals surface area contributed by atoms with Crippen LogP contribution in [0.15, 0.2) is 47.6 Å². The van der Waals surface area contributed by atoms with E-state index in [0.29, 0.717) is 60.6 Å². The number of nitrogens with zero attached hydrogens (tertiary/aromatic N) is 4. The van der Waals surface area contributed by atoms with Crippen molar-refractivity contribution in [2.45, 2.75) is 80.7 Å². The molecule has 2 aromatic heterocycles. The molecule has 2 unspecified atom stereocenters. The number of allylic oxidation sites excluding steroid dienone is 1. The van der Waals surface area contributed by atoms with E-state index >= 15 is 0 Å². The standard InChI is InChI=1S/C29H34N6O5S/c1-18-14-27(34-35(18)28-4-2-3-13-40-28)32-21-9-12-23(26(15-21)41(38,39)22-10-11-22)25-16-24(30-17-31-25)19-5-7-20(8-6-19)33-29(36)37/h5,9,12,14-17,20,22,28,33H,2-4,6-8,10-11,13H2,1H3,(H,32,34)(H,36,37). The van der Waals surface area contributed by atoms with Gasteiger partial charge >= 0.3 is 6.09 Å². The van der Waals surface area contributed by atoms with E-state index in [0.717, 1.165) is 37.1 Å². The highest BCUT2D eigenvalue weighted by Crippen LogP contribution is 2.40. The van der Waals surface area contributed by atoms with Gasteiger partial charge in [0.25, 0.3) is 0 Å². The first kappa shape index (κ1) is 27.4. The van der Waals surface area contributed by atoms with Gasteiger partial charge in [0, 0.05) is 35.7 Å². The van der Waals surface area contributed by atoms with Crippen molar-refractivity contribution in [3.05, 3.63) is 54.1 Å². The van der Waals surface area contributed by atoms with E-state index in [4.69, 9.17) is 14.9 Å². The van der Waals surface area contributed by atoms with Gasteiger partial charge in [0.15, 0.2) is 21.9 Å². The zero-order valence-electron chi connectivity index (χ0n) is 22.9. The number of hydrogen-bond acceptors (Lipinski definition) is 8. The van der Waals surface area contributed by atoms with Gasteiger partial charge in [-0.1, -0.05) is 6.08 Å². The Morgan fingerprint density at radius 2 is 1.90 bits per heavy atom. The minimum atomic E-state index is -3.56. The number of hydrogen-bond donors (Lipinski definition) is 3. The summed E-state index contributed by atoms with van der Waals surface area (Å²) < 4.78 is 35.0. The van der Waals surface area contributed by atoms with Crippen LogP contribution in [0.2, 0.25) is 0 Å². The van der Waals surface area contributed by atoms with Crippen LogP contribution in [-0.2, 0) is 14.6 Å². The van der Waals surface area contributed by atoms with Crippen LogP contribution in [0, 0.1) is 6.92 Å². The van der Waals surface area contributed by atoms with Gasteiger partial charge in [-0.25, -0.2) is 27.9 Å². The molecule has 0 radical (unpaired) electrons. The summed E-state index contributed by atoms with van der Waals surface area (Å²) in [4.78, 5) is 20.1. The molecule has 2 atom stereocenters. The van der Waals surface area contributed by atoms with Crippen molar-refractivity contribution < 1.29 is 23.1 Å². The van der Waals surface area contributed by atoms with Crippen LogP contribution in [0.4, 0.5) is 16.3 Å². The van der Waals surface area contributed by atoms with Gasteiger partial charge in [-0.3, -0.25) is 0 Å². The number of carboxylic acid groups (broad SMARTS) is 1. The van der Waals surface area contributed by atoms with E-state index in [1.807, 2.05) is 35.9 Å². The molecule has 1 amide bonds. The van der Waals surface area contributed by atoms with Crippen LogP contribution in [-0.4, -0.2) is 57.3 Å². The second-order valence-corrected chi connectivity index (χ2v) is 13.2. The predicted molar refractivity (Wildman–Crippen MR) is 154 cm³/mol. The van der Waals surface area contributed by atoms with Crippen molar-refractivity contribution in [2.75, 3.05) is 11.9 Å². The van der Waals surface area contributed by atoms with E-state index in [9.17, 15) is 13.2 Å². The Kier molecular flexibility index (Phi) is 7.52. The molecule has 216 valence electrons. The quantitative estimate of drug-likeness (QED) is 0.327. The SMILES string of the molecule is Cc1cc(Nc2ccc(-c3cc(C4=CCC(NC(=O)O)CC4)ncn3)c(S(=O)(=O)C3CC3)c2)nn1C1CCCCO1. The average Bonchev–Trinajstić information content (AvgIpc) is 3.77. The van der Waals surface area contributed by atoms with E-state index in [2.05, 4.69) is 20.6 Å². The predicted octanol–water partition coefficient (Wildman–Crippen LogP) is 5.23. The third kappa shape index (κ3) is 5.98. The molecule has 3 aromatic rings. The van der Waals surface area contributed by atoms with Crippen molar-refractivity contribution in [3.63, 3.8) is 0 Å². The van der Waals surface area contributed by atoms with Gasteiger partial charge in [0.05, 0.1) is 21.5 Å². The fraction of sp³-hybridized carbons (Fsp3) is 0.448. The van der Waals surface area contributed by atoms with Gasteiger partial charge in [0.2, 0.25) is 0 Å². The number of sulfone groups is 1. The van der Waals surface area contributed by atoms with Crippen LogP contribution in [0.1, 0.15) is 69.0 Å². The van der Waals surface area contributed by atoms with Crippen LogP contribution in [0.25, 0.3) is 16.8 Å². The number of anilines is 2. The smallest absolute Gasteiger partial charge is 0.404 e. The monoisotopic (exact) mass is 578 g/mol. The zero-order valence-corrected chi connectivity index (χ0v) is 23.7. The van der Waals surface area contributed by atoms with Crippen molar-refractivity contribution in [1.82, 2.24) is 25.1 Å². The summed E-state index contributed by atoms with van der Waals surface area (Å²) in [6, 6.07) is 8.94. The van der Waals surface area contributed by atoms with E-state index in [1.54, 1.807) is 12.1 Å². The van der Waals surface area contributed by atoms with Crippen molar-refractivity contribution in [2.24, 2.45) is 0 Å². The van der Waals surface area contributed by atoms with Gasteiger partial charge in [-0.2, -0.15) is 5.10 Å². The molecule has 11 nitrogen and oxygen atoms in total. The number of nitrogens with one attached hydrogen (secondary N) is 2. The Bertz CT molecular complexity index is 1590. The highest BCUT2D eigenvalue weighted by atomic mass is 32.2. The Balaban J connectivity index is 1.29. The van der Waals surface area contributed by atoms with Gasteiger partial charge in [-0.15, -0.1) is 0 Å². The van der Waals surface area contributed by atoms with E-state index in [1.165, 1.54) is 6.33 Å². The number of ether oxygens (including phenoxy) is 1. The minimum absolute atomic E-state index is 0.0851. The summed E-state index contributed by atoms with van der Waals surface area (Å²) in [5, 5.41) is 19.1. The van der Waals surface area contributed by atoms with Gasteiger partial charge in [-0.05, 0) is 88.1 Å². The summed E-state index contributed by atoms with van der Waals surface area (Å²) in [5.74, 6) is 0.628. The van der Waals surface area contributed by atoms with Crippen LogP contribution in [0.5, 0.6) is 0 Å². The summed E-state index contributed by atoms with van der Waals surface area (Å²) in [6.45, 7) is 2.71. The first-order valence-corrected chi connectivity index (χ1v) is 15.7. The third-order valence-electron chi connectivity index (χ3n) is 7.89. The molecule has 0 spiro atoms. The summed E-state index contributed by atoms with van der Waals surface area (Å²) in [7, 11) is -3.56. The first-order chi connectivity index (χ1) is 19.8. The molecule has 3 N–H and O–H groups in total. The number of benzene rings is 1. The molecule has 1 aromatic carbocycles. The lowest BCUT2D eigenvalue weighted by molar-refractivity contribution is -0.0404. The molecule has 3 heterocycles. The topological polar surface area (TPSA) is 148 Å². The maximum atomic E-state index is 13.6. The Morgan fingerprint density at radius 3 is 2.61 bits per heavy atom. The maximum absolute atomic E-state index is 13.6. The highest BCUT2D eigenvalue weighted by Gasteiger charge is 2.38. The van der Waals surface area contributed by atoms with Crippen molar-refractivity contribution >= 4 is 33.0 Å². The molecule has 3 aliphatic rings. The molecule has 6 rings (SSSR count). The fourth-order valence-corrected chi connectivity index (χ4v) is 7.45. The van der Waals surface area contributed by atoms with Crippen molar-refractivity contribution in [1.29, 1.82) is 0 Å².